The molecule has 8 nitrogen and oxygen atoms in total. The van der Waals surface area contributed by atoms with Gasteiger partial charge in [-0.15, -0.1) is 5.06 Å². The van der Waals surface area contributed by atoms with Gasteiger partial charge in [0.15, 0.2) is 0 Å². The monoisotopic (exact) mass is 308 g/mol. The van der Waals surface area contributed by atoms with E-state index < -0.39 is 11.0 Å². The van der Waals surface area contributed by atoms with Crippen LogP contribution in [0.25, 0.3) is 0 Å². The maximum absolute atomic E-state index is 12.4. The molecule has 0 unspecified atom stereocenters. The van der Waals surface area contributed by atoms with Gasteiger partial charge in [0.05, 0.1) is 12.0 Å². The third-order valence-electron chi connectivity index (χ3n) is 2.62. The molecule has 0 aliphatic rings. The molecule has 110 valence electrons. The topological polar surface area (TPSA) is 88.8 Å². The van der Waals surface area contributed by atoms with E-state index in [9.17, 15) is 14.9 Å². The molecule has 1 heterocycles. The van der Waals surface area contributed by atoms with E-state index in [0.29, 0.717) is 5.69 Å². The van der Waals surface area contributed by atoms with Gasteiger partial charge in [0.2, 0.25) is 5.13 Å². The van der Waals surface area contributed by atoms with Crippen LogP contribution in [-0.4, -0.2) is 30.1 Å². The largest absolute Gasteiger partial charge is 0.355 e. The summed E-state index contributed by atoms with van der Waals surface area (Å²) in [6, 6.07) is 8.44. The van der Waals surface area contributed by atoms with Crippen molar-refractivity contribution in [1.29, 1.82) is 0 Å². The van der Waals surface area contributed by atoms with Crippen LogP contribution in [0.1, 0.15) is 0 Å². The summed E-state index contributed by atoms with van der Waals surface area (Å²) in [6.07, 6.45) is 1.09. The molecule has 2 aromatic rings. The summed E-state index contributed by atoms with van der Waals surface area (Å²) in [5.74, 6) is 0. The highest BCUT2D eigenvalue weighted by molar-refractivity contribution is 7.18. The summed E-state index contributed by atoms with van der Waals surface area (Å²) in [4.78, 5) is 32.7. The second kappa shape index (κ2) is 6.29. The maximum atomic E-state index is 12.4. The first-order valence-electron chi connectivity index (χ1n) is 5.81. The smallest absolute Gasteiger partial charge is 0.295 e. The minimum absolute atomic E-state index is 0.0944. The van der Waals surface area contributed by atoms with Crippen molar-refractivity contribution in [2.45, 2.75) is 0 Å². The first-order chi connectivity index (χ1) is 10.0. The first kappa shape index (κ1) is 14.9. The zero-order valence-corrected chi connectivity index (χ0v) is 12.1. The Morgan fingerprint density at radius 1 is 1.38 bits per heavy atom. The maximum Gasteiger partial charge on any atom is 0.355 e. The Balaban J connectivity index is 2.24. The van der Waals surface area contributed by atoms with Gasteiger partial charge < -0.3 is 0 Å². The number of amides is 2. The second-order valence-corrected chi connectivity index (χ2v) is 4.88. The molecule has 21 heavy (non-hydrogen) atoms. The Labute approximate surface area is 124 Å². The minimum atomic E-state index is -0.569. The number of benzene rings is 1. The van der Waals surface area contributed by atoms with Gasteiger partial charge >= 0.3 is 11.0 Å². The van der Waals surface area contributed by atoms with Crippen molar-refractivity contribution in [3.05, 3.63) is 46.6 Å². The minimum Gasteiger partial charge on any atom is -0.295 e. The van der Waals surface area contributed by atoms with Crippen LogP contribution in [0, 0.1) is 10.1 Å². The highest BCUT2D eigenvalue weighted by Crippen LogP contribution is 2.29. The van der Waals surface area contributed by atoms with Crippen LogP contribution >= 0.6 is 11.3 Å². The van der Waals surface area contributed by atoms with Crippen molar-refractivity contribution in [2.24, 2.45) is 0 Å². The molecule has 0 saturated heterocycles. The number of rotatable bonds is 4. The SMILES string of the molecule is CON(C(=O)N(C)c1ccccc1)c1ncc([N+](=O)[O-])s1. The van der Waals surface area contributed by atoms with Crippen molar-refractivity contribution < 1.29 is 14.6 Å². The number of hydrogen-bond donors (Lipinski definition) is 0. The van der Waals surface area contributed by atoms with Gasteiger partial charge in [0.25, 0.3) is 0 Å². The van der Waals surface area contributed by atoms with Gasteiger partial charge in [-0.2, -0.15) is 0 Å². The number of nitro groups is 1. The summed E-state index contributed by atoms with van der Waals surface area (Å²) in [6.45, 7) is 0. The molecule has 0 radical (unpaired) electrons. The molecule has 0 saturated carbocycles. The van der Waals surface area contributed by atoms with Gasteiger partial charge in [0.1, 0.15) is 6.20 Å². The Hall–Kier alpha value is -2.52. The molecule has 0 fully saturated rings. The summed E-state index contributed by atoms with van der Waals surface area (Å²) in [7, 11) is 2.87. The lowest BCUT2D eigenvalue weighted by Crippen LogP contribution is -2.40. The molecule has 2 amide bonds. The number of carbonyl (C=O) groups excluding carboxylic acids is 1. The van der Waals surface area contributed by atoms with Crippen LogP contribution in [0.3, 0.4) is 0 Å². The molecule has 0 atom stereocenters. The van der Waals surface area contributed by atoms with Crippen LogP contribution in [0.15, 0.2) is 36.5 Å². The second-order valence-electron chi connectivity index (χ2n) is 3.89. The lowest BCUT2D eigenvalue weighted by molar-refractivity contribution is -0.380. The molecule has 0 N–H and O–H groups in total. The summed E-state index contributed by atoms with van der Waals surface area (Å²) in [5, 5.41) is 11.5. The Morgan fingerprint density at radius 2 is 2.05 bits per heavy atom. The number of nitrogens with zero attached hydrogens (tertiary/aromatic N) is 4. The van der Waals surface area contributed by atoms with E-state index in [1.54, 1.807) is 31.3 Å². The fourth-order valence-corrected chi connectivity index (χ4v) is 2.28. The van der Waals surface area contributed by atoms with Crippen molar-refractivity contribution in [2.75, 3.05) is 24.1 Å². The van der Waals surface area contributed by atoms with Gasteiger partial charge in [-0.05, 0) is 23.5 Å². The van der Waals surface area contributed by atoms with Gasteiger partial charge in [-0.3, -0.25) is 19.9 Å². The molecular weight excluding hydrogens is 296 g/mol. The first-order valence-corrected chi connectivity index (χ1v) is 6.63. The van der Waals surface area contributed by atoms with E-state index in [2.05, 4.69) is 4.98 Å². The number of urea groups is 1. The summed E-state index contributed by atoms with van der Waals surface area (Å²) in [5.41, 5.74) is 0.663. The predicted octanol–water partition coefficient (Wildman–Crippen LogP) is 2.68. The zero-order chi connectivity index (χ0) is 15.4. The van der Waals surface area contributed by atoms with Crippen molar-refractivity contribution >= 4 is 33.2 Å². The van der Waals surface area contributed by atoms with Gasteiger partial charge in [-0.1, -0.05) is 18.2 Å². The van der Waals surface area contributed by atoms with Crippen molar-refractivity contribution in [3.8, 4) is 0 Å². The normalized spacial score (nSPS) is 10.2. The van der Waals surface area contributed by atoms with E-state index in [1.807, 2.05) is 6.07 Å². The molecular formula is C12H12N4O4S. The highest BCUT2D eigenvalue weighted by Gasteiger charge is 2.26. The zero-order valence-electron chi connectivity index (χ0n) is 11.3. The third kappa shape index (κ3) is 3.15. The third-order valence-corrected chi connectivity index (χ3v) is 3.54. The van der Waals surface area contributed by atoms with Gasteiger partial charge in [-0.25, -0.2) is 9.78 Å². The standard InChI is InChI=1S/C12H12N4O4S/c1-14(9-6-4-3-5-7-9)12(17)15(20-2)11-13-8-10(21-11)16(18)19/h3-8H,1-2H3. The Bertz CT molecular complexity index is 646. The quantitative estimate of drug-likeness (QED) is 0.640. The molecule has 0 aliphatic heterocycles. The lowest BCUT2D eigenvalue weighted by Gasteiger charge is -2.23. The highest BCUT2D eigenvalue weighted by atomic mass is 32.1. The molecule has 0 aliphatic carbocycles. The van der Waals surface area contributed by atoms with Crippen LogP contribution in [0.5, 0.6) is 0 Å². The molecule has 0 spiro atoms. The summed E-state index contributed by atoms with van der Waals surface area (Å²) < 4.78 is 0. The fraction of sp³-hybridized carbons (Fsp3) is 0.167. The lowest BCUT2D eigenvalue weighted by atomic mass is 10.3. The summed E-state index contributed by atoms with van der Waals surface area (Å²) >= 11 is 0.758. The van der Waals surface area contributed by atoms with E-state index in [1.165, 1.54) is 12.0 Å². The van der Waals surface area contributed by atoms with E-state index in [-0.39, 0.29) is 10.1 Å². The van der Waals surface area contributed by atoms with Crippen LogP contribution in [0.4, 0.5) is 20.6 Å². The molecule has 9 heteroatoms. The average Bonchev–Trinajstić information content (AvgIpc) is 2.98. The number of carbonyl (C=O) groups is 1. The number of anilines is 2. The average molecular weight is 308 g/mol. The van der Waals surface area contributed by atoms with E-state index in [4.69, 9.17) is 4.84 Å². The van der Waals surface area contributed by atoms with Gasteiger partial charge in [0, 0.05) is 12.7 Å². The molecule has 1 aromatic carbocycles. The number of para-hydroxylation sites is 1. The number of aromatic nitrogens is 1. The van der Waals surface area contributed by atoms with E-state index in [0.717, 1.165) is 22.6 Å². The molecule has 2 rings (SSSR count). The number of hydroxylamine groups is 1. The number of thiazole rings is 1. The molecule has 0 bridgehead atoms. The van der Waals surface area contributed by atoms with E-state index >= 15 is 0 Å². The number of hydrogen-bond acceptors (Lipinski definition) is 6. The van der Waals surface area contributed by atoms with Crippen molar-refractivity contribution in [3.63, 3.8) is 0 Å². The van der Waals surface area contributed by atoms with Crippen molar-refractivity contribution in [1.82, 2.24) is 4.98 Å². The predicted molar refractivity (Wildman–Crippen MR) is 78.5 cm³/mol. The molecule has 1 aromatic heterocycles. The van der Waals surface area contributed by atoms with Crippen LogP contribution in [-0.2, 0) is 4.84 Å². The fourth-order valence-electron chi connectivity index (χ4n) is 1.57. The Morgan fingerprint density at radius 3 is 2.57 bits per heavy atom. The Kier molecular flexibility index (Phi) is 4.45. The van der Waals surface area contributed by atoms with Crippen LogP contribution in [0.2, 0.25) is 0 Å². The van der Waals surface area contributed by atoms with Crippen LogP contribution < -0.4 is 9.96 Å².